The van der Waals surface area contributed by atoms with Gasteiger partial charge in [-0.05, 0) is 18.2 Å². The Labute approximate surface area is 119 Å². The van der Waals surface area contributed by atoms with Gasteiger partial charge in [-0.3, -0.25) is 9.97 Å². The van der Waals surface area contributed by atoms with E-state index in [9.17, 15) is 5.11 Å². The Balaban J connectivity index is 1.95. The number of nitrogens with zero attached hydrogens (tertiary/aromatic N) is 2. The van der Waals surface area contributed by atoms with E-state index in [-0.39, 0.29) is 0 Å². The zero-order valence-corrected chi connectivity index (χ0v) is 11.5. The van der Waals surface area contributed by atoms with Gasteiger partial charge < -0.3 is 5.11 Å². The van der Waals surface area contributed by atoms with Gasteiger partial charge in [-0.25, -0.2) is 0 Å². The molecular weight excluding hydrogens is 280 g/mol. The Hall–Kier alpha value is -1.49. The van der Waals surface area contributed by atoms with E-state index < -0.39 is 6.10 Å². The van der Waals surface area contributed by atoms with Crippen molar-refractivity contribution in [3.63, 3.8) is 0 Å². The van der Waals surface area contributed by atoms with Crippen LogP contribution in [0, 0.1) is 0 Å². The number of hydrogen-bond donors (Lipinski definition) is 1. The highest BCUT2D eigenvalue weighted by atomic mass is 35.5. The summed E-state index contributed by atoms with van der Waals surface area (Å²) in [6, 6.07) is 9.44. The van der Waals surface area contributed by atoms with Crippen molar-refractivity contribution in [1.82, 2.24) is 9.97 Å². The van der Waals surface area contributed by atoms with Gasteiger partial charge in [0.05, 0.1) is 21.5 Å². The molecular formula is C14H11ClN2OS. The molecule has 0 saturated heterocycles. The molecule has 2 aromatic heterocycles. The minimum absolute atomic E-state index is 0.535. The predicted molar refractivity (Wildman–Crippen MR) is 77.5 cm³/mol. The summed E-state index contributed by atoms with van der Waals surface area (Å²) in [5.41, 5.74) is 2.35. The van der Waals surface area contributed by atoms with Crippen molar-refractivity contribution in [3.05, 3.63) is 57.5 Å². The van der Waals surface area contributed by atoms with E-state index in [2.05, 4.69) is 9.97 Å². The van der Waals surface area contributed by atoms with Crippen LogP contribution in [0.15, 0.2) is 42.7 Å². The van der Waals surface area contributed by atoms with Crippen LogP contribution < -0.4 is 0 Å². The van der Waals surface area contributed by atoms with Gasteiger partial charge in [0.15, 0.2) is 0 Å². The van der Waals surface area contributed by atoms with Gasteiger partial charge in [0, 0.05) is 29.3 Å². The van der Waals surface area contributed by atoms with Crippen LogP contribution in [0.2, 0.25) is 4.34 Å². The highest BCUT2D eigenvalue weighted by molar-refractivity contribution is 7.16. The first-order valence-corrected chi connectivity index (χ1v) is 7.05. The van der Waals surface area contributed by atoms with Crippen LogP contribution in [-0.2, 0) is 6.42 Å². The van der Waals surface area contributed by atoms with E-state index in [4.69, 9.17) is 11.6 Å². The smallest absolute Gasteiger partial charge is 0.0944 e. The molecule has 0 spiro atoms. The molecule has 0 bridgehead atoms. The quantitative estimate of drug-likeness (QED) is 0.801. The van der Waals surface area contributed by atoms with Crippen molar-refractivity contribution in [3.8, 4) is 0 Å². The number of thiophene rings is 1. The topological polar surface area (TPSA) is 46.0 Å². The maximum Gasteiger partial charge on any atom is 0.0944 e. The average Bonchev–Trinajstić information content (AvgIpc) is 2.83. The monoisotopic (exact) mass is 290 g/mol. The lowest BCUT2D eigenvalue weighted by Crippen LogP contribution is -2.02. The van der Waals surface area contributed by atoms with E-state index in [1.54, 1.807) is 12.4 Å². The maximum atomic E-state index is 10.4. The summed E-state index contributed by atoms with van der Waals surface area (Å²) in [6.45, 7) is 0. The number of para-hydroxylation sites is 1. The minimum atomic E-state index is -0.602. The second-order valence-corrected chi connectivity index (χ2v) is 6.00. The van der Waals surface area contributed by atoms with Crippen molar-refractivity contribution in [1.29, 1.82) is 0 Å². The molecule has 3 aromatic rings. The summed E-state index contributed by atoms with van der Waals surface area (Å²) >= 11 is 7.38. The number of halogens is 1. The molecule has 1 N–H and O–H groups in total. The van der Waals surface area contributed by atoms with Gasteiger partial charge in [0.25, 0.3) is 0 Å². The molecule has 0 amide bonds. The summed E-state index contributed by atoms with van der Waals surface area (Å²) in [5.74, 6) is 0. The number of rotatable bonds is 3. The predicted octanol–water partition coefficient (Wildman–Crippen LogP) is 3.62. The largest absolute Gasteiger partial charge is 0.388 e. The average molecular weight is 291 g/mol. The molecule has 19 heavy (non-hydrogen) atoms. The molecule has 2 heterocycles. The van der Waals surface area contributed by atoms with Crippen molar-refractivity contribution < 1.29 is 5.11 Å². The number of aliphatic hydroxyl groups excluding tert-OH is 1. The second kappa shape index (κ2) is 5.25. The van der Waals surface area contributed by atoms with Crippen molar-refractivity contribution in [2.75, 3.05) is 0 Å². The van der Waals surface area contributed by atoms with E-state index in [1.165, 1.54) is 11.3 Å². The fourth-order valence-electron chi connectivity index (χ4n) is 2.05. The Morgan fingerprint density at radius 2 is 2.00 bits per heavy atom. The Bertz CT molecular complexity index is 708. The Morgan fingerprint density at radius 3 is 2.79 bits per heavy atom. The Kier molecular flexibility index (Phi) is 3.46. The first kappa shape index (κ1) is 12.5. The van der Waals surface area contributed by atoms with Crippen LogP contribution in [0.3, 0.4) is 0 Å². The van der Waals surface area contributed by atoms with E-state index in [1.807, 2.05) is 30.3 Å². The number of fused-ring (bicyclic) bond motifs is 1. The zero-order chi connectivity index (χ0) is 13.2. The van der Waals surface area contributed by atoms with Gasteiger partial charge in [-0.2, -0.15) is 0 Å². The van der Waals surface area contributed by atoms with E-state index >= 15 is 0 Å². The number of aromatic nitrogens is 2. The highest BCUT2D eigenvalue weighted by Crippen LogP contribution is 2.28. The molecule has 0 fully saturated rings. The highest BCUT2D eigenvalue weighted by Gasteiger charge is 2.14. The zero-order valence-electron chi connectivity index (χ0n) is 9.95. The first-order chi connectivity index (χ1) is 9.24. The van der Waals surface area contributed by atoms with Crippen molar-refractivity contribution >= 4 is 34.0 Å². The van der Waals surface area contributed by atoms with Gasteiger partial charge >= 0.3 is 0 Å². The molecule has 1 aromatic carbocycles. The third-order valence-corrected chi connectivity index (χ3v) is 4.17. The van der Waals surface area contributed by atoms with Crippen LogP contribution >= 0.6 is 22.9 Å². The van der Waals surface area contributed by atoms with Gasteiger partial charge in [0.1, 0.15) is 0 Å². The molecule has 0 aliphatic rings. The van der Waals surface area contributed by atoms with Crippen molar-refractivity contribution in [2.45, 2.75) is 12.5 Å². The first-order valence-electron chi connectivity index (χ1n) is 5.86. The van der Waals surface area contributed by atoms with Crippen LogP contribution in [0.4, 0.5) is 0 Å². The normalized spacial score (nSPS) is 12.7. The SMILES string of the molecule is OC(Cc1ccc(Cl)s1)c1cccc2nccnc12. The minimum Gasteiger partial charge on any atom is -0.388 e. The molecule has 1 unspecified atom stereocenters. The van der Waals surface area contributed by atoms with E-state index in [0.717, 1.165) is 25.8 Å². The van der Waals surface area contributed by atoms with Gasteiger partial charge in [-0.15, -0.1) is 11.3 Å². The summed E-state index contributed by atoms with van der Waals surface area (Å²) in [5, 5.41) is 10.4. The van der Waals surface area contributed by atoms with Crippen molar-refractivity contribution in [2.24, 2.45) is 0 Å². The molecule has 0 radical (unpaired) electrons. The molecule has 1 atom stereocenters. The van der Waals surface area contributed by atoms with Crippen LogP contribution in [-0.4, -0.2) is 15.1 Å². The molecule has 0 aliphatic carbocycles. The molecule has 96 valence electrons. The molecule has 5 heteroatoms. The summed E-state index contributed by atoms with van der Waals surface area (Å²) < 4.78 is 0.736. The van der Waals surface area contributed by atoms with E-state index in [0.29, 0.717) is 6.42 Å². The lowest BCUT2D eigenvalue weighted by molar-refractivity contribution is 0.181. The molecule has 0 saturated carbocycles. The summed E-state index contributed by atoms with van der Waals surface area (Å²) in [7, 11) is 0. The molecule has 3 nitrogen and oxygen atoms in total. The molecule has 3 rings (SSSR count). The van der Waals surface area contributed by atoms with Gasteiger partial charge in [0.2, 0.25) is 0 Å². The van der Waals surface area contributed by atoms with Gasteiger partial charge in [-0.1, -0.05) is 23.7 Å². The number of benzene rings is 1. The van der Waals surface area contributed by atoms with Crippen LogP contribution in [0.25, 0.3) is 11.0 Å². The summed E-state index contributed by atoms with van der Waals surface area (Å²) in [4.78, 5) is 9.60. The standard InChI is InChI=1S/C14H11ClN2OS/c15-13-5-4-9(19-13)8-12(18)10-2-1-3-11-14(10)17-7-6-16-11/h1-7,12,18H,8H2. The Morgan fingerprint density at radius 1 is 1.16 bits per heavy atom. The molecule has 0 aliphatic heterocycles. The summed E-state index contributed by atoms with van der Waals surface area (Å²) in [6.07, 6.45) is 3.22. The fourth-order valence-corrected chi connectivity index (χ4v) is 3.17. The maximum absolute atomic E-state index is 10.4. The third kappa shape index (κ3) is 2.61. The third-order valence-electron chi connectivity index (χ3n) is 2.91. The number of aliphatic hydroxyl groups is 1. The van der Waals surface area contributed by atoms with Crippen LogP contribution in [0.1, 0.15) is 16.5 Å². The number of hydrogen-bond acceptors (Lipinski definition) is 4. The fraction of sp³-hybridized carbons (Fsp3) is 0.143. The lowest BCUT2D eigenvalue weighted by atomic mass is 10.0. The lowest BCUT2D eigenvalue weighted by Gasteiger charge is -2.11. The van der Waals surface area contributed by atoms with Crippen LogP contribution in [0.5, 0.6) is 0 Å². The second-order valence-electron chi connectivity index (χ2n) is 4.20.